The maximum atomic E-state index is 10.9. The Labute approximate surface area is 83.5 Å². The summed E-state index contributed by atoms with van der Waals surface area (Å²) < 4.78 is 1.71. The fourth-order valence-electron chi connectivity index (χ4n) is 1.37. The normalized spacial score (nSPS) is 11.7. The van der Waals surface area contributed by atoms with E-state index < -0.39 is 11.4 Å². The molecule has 78 valence electrons. The fraction of sp³-hybridized carbons (Fsp3) is 0.600. The second kappa shape index (κ2) is 3.44. The Hall–Kier alpha value is -1.32. The van der Waals surface area contributed by atoms with Crippen LogP contribution in [0.25, 0.3) is 0 Å². The maximum Gasteiger partial charge on any atom is 0.309 e. The van der Waals surface area contributed by atoms with Crippen molar-refractivity contribution < 1.29 is 9.90 Å². The smallest absolute Gasteiger partial charge is 0.309 e. The topological polar surface area (TPSA) is 55.1 Å². The van der Waals surface area contributed by atoms with Gasteiger partial charge in [0, 0.05) is 13.2 Å². The lowest BCUT2D eigenvalue weighted by atomic mass is 9.86. The van der Waals surface area contributed by atoms with Crippen molar-refractivity contribution in [3.63, 3.8) is 0 Å². The Balaban J connectivity index is 2.88. The quantitative estimate of drug-likeness (QED) is 0.794. The summed E-state index contributed by atoms with van der Waals surface area (Å²) in [5.41, 5.74) is 1.18. The molecule has 1 rings (SSSR count). The first-order valence-corrected chi connectivity index (χ1v) is 4.55. The molecule has 1 aromatic rings. The molecule has 4 heteroatoms. The van der Waals surface area contributed by atoms with Gasteiger partial charge in [0.25, 0.3) is 0 Å². The minimum Gasteiger partial charge on any atom is -0.481 e. The van der Waals surface area contributed by atoms with E-state index in [0.29, 0.717) is 6.42 Å². The minimum absolute atomic E-state index is 0.516. The highest BCUT2D eigenvalue weighted by Crippen LogP contribution is 2.23. The molecular formula is C10H16N2O2. The molecule has 0 aromatic carbocycles. The average Bonchev–Trinajstić information content (AvgIpc) is 2.29. The van der Waals surface area contributed by atoms with Gasteiger partial charge in [-0.3, -0.25) is 9.48 Å². The number of nitrogens with zero attached hydrogens (tertiary/aromatic N) is 2. The third-order valence-corrected chi connectivity index (χ3v) is 2.33. The van der Waals surface area contributed by atoms with Crippen LogP contribution in [0.1, 0.15) is 25.1 Å². The molecule has 0 atom stereocenters. The molecule has 14 heavy (non-hydrogen) atoms. The molecule has 1 heterocycles. The zero-order valence-electron chi connectivity index (χ0n) is 9.03. The third kappa shape index (κ3) is 2.13. The lowest BCUT2D eigenvalue weighted by Gasteiger charge is -2.17. The Morgan fingerprint density at radius 3 is 2.57 bits per heavy atom. The van der Waals surface area contributed by atoms with Gasteiger partial charge < -0.3 is 5.11 Å². The van der Waals surface area contributed by atoms with Gasteiger partial charge in [-0.2, -0.15) is 5.10 Å². The second-order valence-electron chi connectivity index (χ2n) is 4.28. The Kier molecular flexibility index (Phi) is 2.64. The second-order valence-corrected chi connectivity index (χ2v) is 4.28. The molecule has 0 bridgehead atoms. The van der Waals surface area contributed by atoms with Crippen LogP contribution < -0.4 is 0 Å². The first-order chi connectivity index (χ1) is 6.33. The Morgan fingerprint density at radius 2 is 2.21 bits per heavy atom. The van der Waals surface area contributed by atoms with Gasteiger partial charge in [0.15, 0.2) is 0 Å². The largest absolute Gasteiger partial charge is 0.481 e. The summed E-state index contributed by atoms with van der Waals surface area (Å²) in [5, 5.41) is 13.2. The highest BCUT2D eigenvalue weighted by atomic mass is 16.4. The molecule has 0 unspecified atom stereocenters. The number of carboxylic acid groups (broad SMARTS) is 1. The van der Waals surface area contributed by atoms with Gasteiger partial charge in [-0.15, -0.1) is 0 Å². The van der Waals surface area contributed by atoms with Crippen molar-refractivity contribution in [3.8, 4) is 0 Å². The summed E-state index contributed by atoms with van der Waals surface area (Å²) in [7, 11) is 1.84. The zero-order valence-corrected chi connectivity index (χ0v) is 9.03. The van der Waals surface area contributed by atoms with E-state index in [4.69, 9.17) is 5.11 Å². The van der Waals surface area contributed by atoms with Crippen LogP contribution >= 0.6 is 0 Å². The molecule has 0 spiro atoms. The molecular weight excluding hydrogens is 180 g/mol. The highest BCUT2D eigenvalue weighted by molar-refractivity contribution is 5.74. The van der Waals surface area contributed by atoms with E-state index in [1.54, 1.807) is 18.5 Å². The monoisotopic (exact) mass is 196 g/mol. The zero-order chi connectivity index (χ0) is 10.9. The van der Waals surface area contributed by atoms with Gasteiger partial charge in [0.05, 0.1) is 11.1 Å². The van der Waals surface area contributed by atoms with Crippen molar-refractivity contribution in [2.45, 2.75) is 27.2 Å². The Bertz CT molecular complexity index is 353. The number of carbonyl (C=O) groups is 1. The number of hydrogen-bond donors (Lipinski definition) is 1. The summed E-state index contributed by atoms with van der Waals surface area (Å²) in [6.07, 6.45) is 2.39. The van der Waals surface area contributed by atoms with Crippen molar-refractivity contribution in [1.82, 2.24) is 9.78 Å². The molecule has 0 radical (unpaired) electrons. The molecule has 0 amide bonds. The van der Waals surface area contributed by atoms with Gasteiger partial charge in [0.1, 0.15) is 0 Å². The molecule has 0 saturated heterocycles. The summed E-state index contributed by atoms with van der Waals surface area (Å²) in [6.45, 7) is 5.34. The lowest BCUT2D eigenvalue weighted by molar-refractivity contribution is -0.146. The summed E-state index contributed by atoms with van der Waals surface area (Å²) in [5.74, 6) is -0.777. The van der Waals surface area contributed by atoms with E-state index in [1.165, 1.54) is 0 Å². The predicted molar refractivity (Wildman–Crippen MR) is 53.1 cm³/mol. The average molecular weight is 196 g/mol. The number of carboxylic acids is 1. The van der Waals surface area contributed by atoms with Gasteiger partial charge in [-0.25, -0.2) is 0 Å². The summed E-state index contributed by atoms with van der Waals surface area (Å²) >= 11 is 0. The van der Waals surface area contributed by atoms with Crippen LogP contribution in [-0.4, -0.2) is 20.9 Å². The van der Waals surface area contributed by atoms with Gasteiger partial charge >= 0.3 is 5.97 Å². The third-order valence-electron chi connectivity index (χ3n) is 2.33. The van der Waals surface area contributed by atoms with Crippen molar-refractivity contribution in [1.29, 1.82) is 0 Å². The standard InChI is InChI=1S/C10H16N2O2/c1-7-8(6-12(4)11-7)5-10(2,3)9(13)14/h6H,5H2,1-4H3,(H,13,14). The van der Waals surface area contributed by atoms with E-state index >= 15 is 0 Å². The van der Waals surface area contributed by atoms with Crippen LogP contribution in [0.5, 0.6) is 0 Å². The van der Waals surface area contributed by atoms with Crippen LogP contribution in [0.4, 0.5) is 0 Å². The number of hydrogen-bond acceptors (Lipinski definition) is 2. The van der Waals surface area contributed by atoms with Crippen molar-refractivity contribution in [2.75, 3.05) is 0 Å². The van der Waals surface area contributed by atoms with Crippen LogP contribution in [0.3, 0.4) is 0 Å². The lowest BCUT2D eigenvalue weighted by Crippen LogP contribution is -2.26. The molecule has 0 aliphatic carbocycles. The summed E-state index contributed by atoms with van der Waals surface area (Å²) in [6, 6.07) is 0. The van der Waals surface area contributed by atoms with E-state index in [2.05, 4.69) is 5.10 Å². The SMILES string of the molecule is Cc1nn(C)cc1CC(C)(C)C(=O)O. The first-order valence-electron chi connectivity index (χ1n) is 4.55. The molecule has 0 fully saturated rings. The van der Waals surface area contributed by atoms with Gasteiger partial charge in [-0.1, -0.05) is 0 Å². The van der Waals surface area contributed by atoms with Crippen LogP contribution in [-0.2, 0) is 18.3 Å². The highest BCUT2D eigenvalue weighted by Gasteiger charge is 2.28. The van der Waals surface area contributed by atoms with Crippen LogP contribution in [0.15, 0.2) is 6.20 Å². The van der Waals surface area contributed by atoms with Crippen LogP contribution in [0, 0.1) is 12.3 Å². The van der Waals surface area contributed by atoms with Gasteiger partial charge in [-0.05, 0) is 32.8 Å². The fourth-order valence-corrected chi connectivity index (χ4v) is 1.37. The number of aryl methyl sites for hydroxylation is 2. The van der Waals surface area contributed by atoms with E-state index in [1.807, 2.05) is 20.2 Å². The number of aliphatic carboxylic acids is 1. The van der Waals surface area contributed by atoms with Crippen LogP contribution in [0.2, 0.25) is 0 Å². The number of rotatable bonds is 3. The molecule has 1 N–H and O–H groups in total. The van der Waals surface area contributed by atoms with E-state index in [0.717, 1.165) is 11.3 Å². The Morgan fingerprint density at radius 1 is 1.64 bits per heavy atom. The van der Waals surface area contributed by atoms with Crippen molar-refractivity contribution >= 4 is 5.97 Å². The van der Waals surface area contributed by atoms with Crippen molar-refractivity contribution in [2.24, 2.45) is 12.5 Å². The molecule has 1 aromatic heterocycles. The molecule has 4 nitrogen and oxygen atoms in total. The molecule has 0 aliphatic heterocycles. The minimum atomic E-state index is -0.777. The van der Waals surface area contributed by atoms with Crippen molar-refractivity contribution in [3.05, 3.63) is 17.5 Å². The first kappa shape index (κ1) is 10.8. The maximum absolute atomic E-state index is 10.9. The van der Waals surface area contributed by atoms with E-state index in [9.17, 15) is 4.79 Å². The summed E-state index contributed by atoms with van der Waals surface area (Å²) in [4.78, 5) is 10.9. The van der Waals surface area contributed by atoms with E-state index in [-0.39, 0.29) is 0 Å². The molecule has 0 aliphatic rings. The number of aromatic nitrogens is 2. The predicted octanol–water partition coefficient (Wildman–Crippen LogP) is 1.38. The molecule has 0 saturated carbocycles. The van der Waals surface area contributed by atoms with Gasteiger partial charge in [0.2, 0.25) is 0 Å².